The van der Waals surface area contributed by atoms with Gasteiger partial charge >= 0.3 is 11.2 Å². The third kappa shape index (κ3) is 4.04. The van der Waals surface area contributed by atoms with Crippen molar-refractivity contribution >= 4 is 17.7 Å². The van der Waals surface area contributed by atoms with Crippen molar-refractivity contribution < 1.29 is 18.3 Å². The summed E-state index contributed by atoms with van der Waals surface area (Å²) in [5.74, 6) is -1.51. The zero-order valence-corrected chi connectivity index (χ0v) is 12.2. The molecule has 0 aromatic heterocycles. The maximum Gasteiger partial charge on any atom is 0.393 e. The van der Waals surface area contributed by atoms with E-state index in [1.54, 1.807) is 18.2 Å². The first-order valence-electron chi connectivity index (χ1n) is 6.42. The molecule has 2 rings (SSSR count). The van der Waals surface area contributed by atoms with Crippen molar-refractivity contribution in [1.82, 2.24) is 0 Å². The molecule has 0 aliphatic heterocycles. The van der Waals surface area contributed by atoms with Crippen molar-refractivity contribution in [1.29, 1.82) is 0 Å². The van der Waals surface area contributed by atoms with Crippen LogP contribution in [0.15, 0.2) is 59.5 Å². The molecule has 0 radical (unpaired) electrons. The number of ether oxygens (including phenoxy) is 1. The Balaban J connectivity index is 2.20. The predicted molar refractivity (Wildman–Crippen MR) is 79.3 cm³/mol. The normalized spacial score (nSPS) is 11.2. The molecule has 0 atom stereocenters. The standard InChI is InChI=1S/C16H14F2O2S/c1-2-20-15(19)16(17,18)21-14-10-6-9-13(11-14)12-7-4-3-5-8-12/h3-11H,2H2,1H3. The monoisotopic (exact) mass is 308 g/mol. The Morgan fingerprint density at radius 3 is 2.43 bits per heavy atom. The lowest BCUT2D eigenvalue weighted by molar-refractivity contribution is -0.159. The Hall–Kier alpha value is -1.88. The summed E-state index contributed by atoms with van der Waals surface area (Å²) in [5, 5.41) is -3.59. The number of benzene rings is 2. The minimum atomic E-state index is -3.59. The fraction of sp³-hybridized carbons (Fsp3) is 0.188. The van der Waals surface area contributed by atoms with Crippen LogP contribution in [-0.2, 0) is 9.53 Å². The molecule has 0 saturated heterocycles. The topological polar surface area (TPSA) is 26.3 Å². The first kappa shape index (κ1) is 15.5. The van der Waals surface area contributed by atoms with E-state index in [4.69, 9.17) is 0 Å². The van der Waals surface area contributed by atoms with Gasteiger partial charge in [-0.25, -0.2) is 4.79 Å². The second-order valence-corrected chi connectivity index (χ2v) is 5.42. The molecule has 0 spiro atoms. The minimum Gasteiger partial charge on any atom is -0.461 e. The largest absolute Gasteiger partial charge is 0.461 e. The number of rotatable bonds is 5. The molecule has 2 nitrogen and oxygen atoms in total. The Labute approximate surface area is 126 Å². The van der Waals surface area contributed by atoms with Crippen molar-refractivity contribution in [2.45, 2.75) is 17.1 Å². The van der Waals surface area contributed by atoms with Gasteiger partial charge in [0, 0.05) is 4.90 Å². The van der Waals surface area contributed by atoms with Crippen LogP contribution in [0.3, 0.4) is 0 Å². The molecule has 110 valence electrons. The molecular weight excluding hydrogens is 294 g/mol. The Morgan fingerprint density at radius 2 is 1.76 bits per heavy atom. The van der Waals surface area contributed by atoms with Gasteiger partial charge in [-0.15, -0.1) is 0 Å². The number of carbonyl (C=O) groups is 1. The molecule has 2 aromatic rings. The first-order valence-corrected chi connectivity index (χ1v) is 7.24. The number of thioether (sulfide) groups is 1. The molecule has 0 aliphatic rings. The van der Waals surface area contributed by atoms with Gasteiger partial charge in [-0.05, 0) is 41.9 Å². The molecule has 0 fully saturated rings. The summed E-state index contributed by atoms with van der Waals surface area (Å²) in [4.78, 5) is 11.5. The second-order valence-electron chi connectivity index (χ2n) is 4.23. The third-order valence-corrected chi connectivity index (χ3v) is 3.61. The van der Waals surface area contributed by atoms with Crippen molar-refractivity contribution in [3.8, 4) is 11.1 Å². The molecule has 0 amide bonds. The van der Waals surface area contributed by atoms with Gasteiger partial charge in [0.25, 0.3) is 0 Å². The van der Waals surface area contributed by atoms with Gasteiger partial charge in [-0.3, -0.25) is 0 Å². The highest BCUT2D eigenvalue weighted by Crippen LogP contribution is 2.38. The smallest absolute Gasteiger partial charge is 0.393 e. The second kappa shape index (κ2) is 6.72. The van der Waals surface area contributed by atoms with Crippen LogP contribution in [-0.4, -0.2) is 17.8 Å². The molecule has 0 saturated carbocycles. The van der Waals surface area contributed by atoms with Crippen LogP contribution in [0.2, 0.25) is 0 Å². The van der Waals surface area contributed by atoms with Gasteiger partial charge in [0.15, 0.2) is 0 Å². The molecule has 5 heteroatoms. The fourth-order valence-corrected chi connectivity index (χ4v) is 2.55. The van der Waals surface area contributed by atoms with E-state index in [0.29, 0.717) is 4.90 Å². The molecule has 0 N–H and O–H groups in total. The molecular formula is C16H14F2O2S. The Bertz CT molecular complexity index is 615. The van der Waals surface area contributed by atoms with Gasteiger partial charge < -0.3 is 4.74 Å². The van der Waals surface area contributed by atoms with E-state index >= 15 is 0 Å². The van der Waals surface area contributed by atoms with Crippen LogP contribution in [0, 0.1) is 0 Å². The quantitative estimate of drug-likeness (QED) is 0.596. The van der Waals surface area contributed by atoms with Crippen LogP contribution in [0.25, 0.3) is 11.1 Å². The summed E-state index contributed by atoms with van der Waals surface area (Å²) in [7, 11) is 0. The molecule has 0 heterocycles. The third-order valence-electron chi connectivity index (χ3n) is 2.70. The van der Waals surface area contributed by atoms with Gasteiger partial charge in [-0.1, -0.05) is 42.5 Å². The van der Waals surface area contributed by atoms with E-state index in [0.717, 1.165) is 11.1 Å². The summed E-state index contributed by atoms with van der Waals surface area (Å²) in [6.07, 6.45) is 0. The van der Waals surface area contributed by atoms with Crippen molar-refractivity contribution in [2.24, 2.45) is 0 Å². The Morgan fingerprint density at radius 1 is 1.10 bits per heavy atom. The van der Waals surface area contributed by atoms with Crippen molar-refractivity contribution in [3.63, 3.8) is 0 Å². The lowest BCUT2D eigenvalue weighted by Crippen LogP contribution is -2.26. The zero-order valence-electron chi connectivity index (χ0n) is 11.4. The van der Waals surface area contributed by atoms with Crippen molar-refractivity contribution in [3.05, 3.63) is 54.6 Å². The average Bonchev–Trinajstić information content (AvgIpc) is 2.48. The van der Waals surface area contributed by atoms with Crippen LogP contribution < -0.4 is 0 Å². The molecule has 0 bridgehead atoms. The Kier molecular flexibility index (Phi) is 4.96. The predicted octanol–water partition coefficient (Wildman–Crippen LogP) is 4.60. The lowest BCUT2D eigenvalue weighted by atomic mass is 10.1. The number of alkyl halides is 2. The van der Waals surface area contributed by atoms with Crippen LogP contribution in [0.5, 0.6) is 0 Å². The molecule has 0 aliphatic carbocycles. The van der Waals surface area contributed by atoms with Crippen LogP contribution >= 0.6 is 11.8 Å². The van der Waals surface area contributed by atoms with Crippen molar-refractivity contribution in [2.75, 3.05) is 6.61 Å². The van der Waals surface area contributed by atoms with E-state index < -0.39 is 11.2 Å². The maximum atomic E-state index is 13.7. The van der Waals surface area contributed by atoms with Gasteiger partial charge in [0.1, 0.15) is 0 Å². The SMILES string of the molecule is CCOC(=O)C(F)(F)Sc1cccc(-c2ccccc2)c1. The van der Waals surface area contributed by atoms with E-state index in [2.05, 4.69) is 4.74 Å². The number of halogens is 2. The van der Waals surface area contributed by atoms with E-state index in [1.165, 1.54) is 6.92 Å². The zero-order chi connectivity index (χ0) is 15.3. The van der Waals surface area contributed by atoms with Gasteiger partial charge in [-0.2, -0.15) is 8.78 Å². The average molecular weight is 308 g/mol. The number of hydrogen-bond acceptors (Lipinski definition) is 3. The summed E-state index contributed by atoms with van der Waals surface area (Å²) in [6.45, 7) is 1.42. The fourth-order valence-electron chi connectivity index (χ4n) is 1.77. The summed E-state index contributed by atoms with van der Waals surface area (Å²) in [5.41, 5.74) is 1.75. The number of esters is 1. The number of carbonyl (C=O) groups excluding carboxylic acids is 1. The van der Waals surface area contributed by atoms with Gasteiger partial charge in [0.05, 0.1) is 6.61 Å². The molecule has 0 unspecified atom stereocenters. The van der Waals surface area contributed by atoms with Crippen LogP contribution in [0.4, 0.5) is 8.78 Å². The van der Waals surface area contributed by atoms with E-state index in [9.17, 15) is 13.6 Å². The molecule has 2 aromatic carbocycles. The van der Waals surface area contributed by atoms with E-state index in [1.807, 2.05) is 36.4 Å². The van der Waals surface area contributed by atoms with Crippen LogP contribution in [0.1, 0.15) is 6.92 Å². The summed E-state index contributed by atoms with van der Waals surface area (Å²) >= 11 is 0.195. The highest BCUT2D eigenvalue weighted by Gasteiger charge is 2.41. The molecule has 21 heavy (non-hydrogen) atoms. The number of hydrogen-bond donors (Lipinski definition) is 0. The summed E-state index contributed by atoms with van der Waals surface area (Å²) < 4.78 is 31.8. The lowest BCUT2D eigenvalue weighted by Gasteiger charge is -2.14. The minimum absolute atomic E-state index is 0.0704. The highest BCUT2D eigenvalue weighted by atomic mass is 32.2. The first-order chi connectivity index (χ1) is 10.0. The van der Waals surface area contributed by atoms with Gasteiger partial charge in [0.2, 0.25) is 0 Å². The highest BCUT2D eigenvalue weighted by molar-refractivity contribution is 8.01. The van der Waals surface area contributed by atoms with E-state index in [-0.39, 0.29) is 18.4 Å². The maximum absolute atomic E-state index is 13.7. The summed E-state index contributed by atoms with van der Waals surface area (Å²) in [6, 6.07) is 16.1.